The zero-order valence-corrected chi connectivity index (χ0v) is 13.1. The van der Waals surface area contributed by atoms with Crippen molar-refractivity contribution in [3.05, 3.63) is 0 Å². The normalized spacial score (nSPS) is 36.0. The van der Waals surface area contributed by atoms with Crippen LogP contribution < -0.4 is 10.6 Å². The first-order valence-electron chi connectivity index (χ1n) is 7.31. The number of hydrogen-bond acceptors (Lipinski definition) is 7. The lowest BCUT2D eigenvalue weighted by Crippen LogP contribution is -2.74. The summed E-state index contributed by atoms with van der Waals surface area (Å²) < 4.78 is 33.6. The number of hydrogen-bond donors (Lipinski definition) is 6. The second-order valence-corrected chi connectivity index (χ2v) is 5.48. The minimum Gasteiger partial charge on any atom is -0.477 e. The number of aliphatic carboxylic acids is 1. The number of aliphatic hydroxyl groups is 3. The third-order valence-electron chi connectivity index (χ3n) is 3.74. The Balaban J connectivity index is 3.31. The average Bonchev–Trinajstić information content (AvgIpc) is 2.52. The average molecular weight is 356 g/mol. The van der Waals surface area contributed by atoms with Gasteiger partial charge >= 0.3 is 11.8 Å². The zero-order valence-electron chi connectivity index (χ0n) is 13.1. The van der Waals surface area contributed by atoms with Crippen molar-refractivity contribution in [2.75, 3.05) is 13.2 Å². The third-order valence-corrected chi connectivity index (χ3v) is 3.74. The van der Waals surface area contributed by atoms with Crippen LogP contribution in [0.1, 0.15) is 13.8 Å². The Labute approximate surface area is 136 Å². The molecule has 0 spiro atoms. The molecule has 1 saturated heterocycles. The molecule has 1 amide bonds. The van der Waals surface area contributed by atoms with E-state index < -0.39 is 60.9 Å². The lowest BCUT2D eigenvalue weighted by atomic mass is 9.86. The maximum Gasteiger partial charge on any atom is 0.372 e. The summed E-state index contributed by atoms with van der Waals surface area (Å²) in [7, 11) is 0. The van der Waals surface area contributed by atoms with Crippen molar-refractivity contribution in [3.63, 3.8) is 0 Å². The van der Waals surface area contributed by atoms with Crippen LogP contribution in [0.25, 0.3) is 0 Å². The Morgan fingerprint density at radius 3 is 2.33 bits per heavy atom. The Kier molecular flexibility index (Phi) is 6.98. The number of carbonyl (C=O) groups is 2. The van der Waals surface area contributed by atoms with Crippen LogP contribution in [-0.4, -0.2) is 87.9 Å². The lowest BCUT2D eigenvalue weighted by Gasteiger charge is -2.47. The van der Waals surface area contributed by atoms with Gasteiger partial charge in [0.2, 0.25) is 5.91 Å². The number of ether oxygens (including phenoxy) is 1. The van der Waals surface area contributed by atoms with E-state index in [4.69, 9.17) is 10.2 Å². The van der Waals surface area contributed by atoms with Crippen LogP contribution >= 0.6 is 0 Å². The molecule has 6 N–H and O–H groups in total. The number of rotatable bonds is 7. The summed E-state index contributed by atoms with van der Waals surface area (Å²) in [5, 5.41) is 42.2. The molecule has 0 bridgehead atoms. The quantitative estimate of drug-likeness (QED) is 0.298. The second kappa shape index (κ2) is 8.12. The highest BCUT2D eigenvalue weighted by atomic mass is 19.2. The van der Waals surface area contributed by atoms with Gasteiger partial charge in [0.15, 0.2) is 6.17 Å². The first kappa shape index (κ1) is 20.6. The second-order valence-electron chi connectivity index (χ2n) is 5.48. The van der Waals surface area contributed by atoms with Gasteiger partial charge in [-0.05, 0) is 6.54 Å². The van der Waals surface area contributed by atoms with Crippen molar-refractivity contribution >= 4 is 11.9 Å². The van der Waals surface area contributed by atoms with Gasteiger partial charge in [-0.2, -0.15) is 4.39 Å². The van der Waals surface area contributed by atoms with Crippen LogP contribution in [0.2, 0.25) is 0 Å². The van der Waals surface area contributed by atoms with Gasteiger partial charge in [-0.25, -0.2) is 9.18 Å². The standard InChI is InChI=1S/C13H22F2N2O7/c1-3-16-8-7(17-5(2)19)10(9(21)6(20)4-18)24-13(15,11(8)14)12(22)23/h6-11,16,18,20-21H,3-4H2,1-2H3,(H,17,19)(H,22,23)/t6-,7-,8?,9-,10?,11+,13-/m1/s1. The van der Waals surface area contributed by atoms with Gasteiger partial charge in [-0.15, -0.1) is 0 Å². The van der Waals surface area contributed by atoms with Gasteiger partial charge in [-0.3, -0.25) is 4.79 Å². The Morgan fingerprint density at radius 2 is 1.92 bits per heavy atom. The molecule has 1 fully saturated rings. The highest BCUT2D eigenvalue weighted by Crippen LogP contribution is 2.35. The first-order valence-corrected chi connectivity index (χ1v) is 7.31. The van der Waals surface area contributed by atoms with Gasteiger partial charge in [0.05, 0.1) is 18.7 Å². The van der Waals surface area contributed by atoms with Gasteiger partial charge in [-0.1, -0.05) is 6.92 Å². The fourth-order valence-corrected chi connectivity index (χ4v) is 2.60. The van der Waals surface area contributed by atoms with Crippen molar-refractivity contribution in [1.29, 1.82) is 0 Å². The molecule has 1 heterocycles. The molecular weight excluding hydrogens is 334 g/mol. The van der Waals surface area contributed by atoms with Crippen molar-refractivity contribution in [3.8, 4) is 0 Å². The van der Waals surface area contributed by atoms with E-state index in [-0.39, 0.29) is 6.54 Å². The minimum atomic E-state index is -3.80. The van der Waals surface area contributed by atoms with Crippen molar-refractivity contribution in [1.82, 2.24) is 10.6 Å². The molecule has 0 radical (unpaired) electrons. The highest BCUT2D eigenvalue weighted by molar-refractivity contribution is 5.77. The molecule has 0 aromatic heterocycles. The Bertz CT molecular complexity index is 470. The van der Waals surface area contributed by atoms with Crippen LogP contribution in [0, 0.1) is 0 Å². The number of amides is 1. The fraction of sp³-hybridized carbons (Fsp3) is 0.846. The van der Waals surface area contributed by atoms with Gasteiger partial charge < -0.3 is 35.8 Å². The van der Waals surface area contributed by atoms with E-state index in [0.29, 0.717) is 0 Å². The number of alkyl halides is 2. The fourth-order valence-electron chi connectivity index (χ4n) is 2.60. The molecule has 9 nitrogen and oxygen atoms in total. The summed E-state index contributed by atoms with van der Waals surface area (Å²) in [6.45, 7) is 1.78. The van der Waals surface area contributed by atoms with Crippen molar-refractivity contribution in [2.24, 2.45) is 0 Å². The summed E-state index contributed by atoms with van der Waals surface area (Å²) in [5.41, 5.74) is 0. The molecule has 140 valence electrons. The maximum absolute atomic E-state index is 14.5. The molecule has 0 aromatic rings. The van der Waals surface area contributed by atoms with E-state index in [1.54, 1.807) is 6.92 Å². The van der Waals surface area contributed by atoms with E-state index >= 15 is 0 Å². The molecular formula is C13H22F2N2O7. The molecule has 24 heavy (non-hydrogen) atoms. The number of carboxylic acids is 1. The molecule has 7 atom stereocenters. The molecule has 2 unspecified atom stereocenters. The number of carboxylic acid groups (broad SMARTS) is 1. The first-order chi connectivity index (χ1) is 11.1. The van der Waals surface area contributed by atoms with Crippen molar-refractivity contribution in [2.45, 2.75) is 56.3 Å². The van der Waals surface area contributed by atoms with E-state index in [1.807, 2.05) is 0 Å². The summed E-state index contributed by atoms with van der Waals surface area (Å²) >= 11 is 0. The summed E-state index contributed by atoms with van der Waals surface area (Å²) in [6, 6.07) is -2.95. The summed E-state index contributed by atoms with van der Waals surface area (Å²) in [5.74, 6) is -6.73. The molecule has 0 saturated carbocycles. The van der Waals surface area contributed by atoms with E-state index in [1.165, 1.54) is 0 Å². The lowest BCUT2D eigenvalue weighted by molar-refractivity contribution is -0.278. The van der Waals surface area contributed by atoms with E-state index in [9.17, 15) is 28.6 Å². The molecule has 1 aliphatic rings. The smallest absolute Gasteiger partial charge is 0.372 e. The van der Waals surface area contributed by atoms with E-state index in [2.05, 4.69) is 15.4 Å². The highest BCUT2D eigenvalue weighted by Gasteiger charge is 2.62. The summed E-state index contributed by atoms with van der Waals surface area (Å²) in [6.07, 6.45) is -8.33. The van der Waals surface area contributed by atoms with Crippen LogP contribution in [0.15, 0.2) is 0 Å². The Morgan fingerprint density at radius 1 is 1.33 bits per heavy atom. The predicted octanol–water partition coefficient (Wildman–Crippen LogP) is -2.33. The van der Waals surface area contributed by atoms with Crippen molar-refractivity contribution < 1.29 is 43.5 Å². The van der Waals surface area contributed by atoms with Crippen LogP contribution in [0.4, 0.5) is 8.78 Å². The predicted molar refractivity (Wildman–Crippen MR) is 75.4 cm³/mol. The Hall–Kier alpha value is -1.40. The number of likely N-dealkylation sites (N-methyl/N-ethyl adjacent to an activating group) is 1. The SMILES string of the molecule is CCNC1[C@@H](NC(C)=O)C([C@H](O)[C@H](O)CO)O[C@@](F)(C(=O)O)[C@H]1F. The van der Waals surface area contributed by atoms with Gasteiger partial charge in [0.25, 0.3) is 0 Å². The number of halogens is 2. The topological polar surface area (TPSA) is 148 Å². The summed E-state index contributed by atoms with van der Waals surface area (Å²) in [4.78, 5) is 22.5. The van der Waals surface area contributed by atoms with Crippen LogP contribution in [-0.2, 0) is 14.3 Å². The molecule has 0 aromatic carbocycles. The minimum absolute atomic E-state index is 0.0994. The van der Waals surface area contributed by atoms with E-state index in [0.717, 1.165) is 6.92 Å². The van der Waals surface area contributed by atoms with Gasteiger partial charge in [0.1, 0.15) is 18.3 Å². The maximum atomic E-state index is 14.5. The van der Waals surface area contributed by atoms with Crippen LogP contribution in [0.5, 0.6) is 0 Å². The number of carbonyl (C=O) groups excluding carboxylic acids is 1. The monoisotopic (exact) mass is 356 g/mol. The molecule has 0 aliphatic carbocycles. The molecule has 11 heteroatoms. The number of nitrogens with one attached hydrogen (secondary N) is 2. The third kappa shape index (κ3) is 3.98. The number of aliphatic hydroxyl groups excluding tert-OH is 3. The zero-order chi connectivity index (χ0) is 18.7. The molecule has 1 rings (SSSR count). The molecule has 1 aliphatic heterocycles. The largest absolute Gasteiger partial charge is 0.477 e. The van der Waals surface area contributed by atoms with Gasteiger partial charge in [0, 0.05) is 6.92 Å². The van der Waals surface area contributed by atoms with Crippen LogP contribution in [0.3, 0.4) is 0 Å².